The average Bonchev–Trinajstić information content (AvgIpc) is 3.35. The number of carbonyl (C=O) groups excluding carboxylic acids is 1. The first-order valence-electron chi connectivity index (χ1n) is 8.28. The lowest BCUT2D eigenvalue weighted by Crippen LogP contribution is -2.28. The summed E-state index contributed by atoms with van der Waals surface area (Å²) in [6.07, 6.45) is 6.00. The van der Waals surface area contributed by atoms with Crippen LogP contribution in [0.1, 0.15) is 5.69 Å². The Morgan fingerprint density at radius 3 is 2.88 bits per heavy atom. The van der Waals surface area contributed by atoms with Crippen molar-refractivity contribution in [3.05, 3.63) is 71.9 Å². The molecule has 0 atom stereocenters. The highest BCUT2D eigenvalue weighted by Gasteiger charge is 2.09. The molecular formula is C19H17FN4OS. The van der Waals surface area contributed by atoms with Crippen LogP contribution in [0.4, 0.5) is 4.39 Å². The number of hydrogen-bond donors (Lipinski definition) is 1. The number of benzene rings is 1. The number of nitrogens with zero attached hydrogens (tertiary/aromatic N) is 3. The van der Waals surface area contributed by atoms with Crippen molar-refractivity contribution < 1.29 is 9.18 Å². The largest absolute Gasteiger partial charge is 0.354 e. The first kappa shape index (κ1) is 16.5. The second kappa shape index (κ2) is 7.13. The third-order valence-corrected chi connectivity index (χ3v) is 5.02. The third-order valence-electron chi connectivity index (χ3n) is 4.12. The third kappa shape index (κ3) is 3.52. The van der Waals surface area contributed by atoms with E-state index in [4.69, 9.17) is 0 Å². The van der Waals surface area contributed by atoms with Gasteiger partial charge in [0.05, 0.1) is 17.6 Å². The fourth-order valence-electron chi connectivity index (χ4n) is 2.85. The molecule has 0 fully saturated rings. The molecule has 1 amide bonds. The number of aromatic nitrogens is 3. The van der Waals surface area contributed by atoms with E-state index in [1.54, 1.807) is 6.07 Å². The maximum Gasteiger partial charge on any atom is 0.226 e. The Morgan fingerprint density at radius 2 is 2.04 bits per heavy atom. The first-order valence-corrected chi connectivity index (χ1v) is 9.16. The van der Waals surface area contributed by atoms with Crippen molar-refractivity contribution in [1.82, 2.24) is 19.4 Å². The zero-order chi connectivity index (χ0) is 17.9. The predicted molar refractivity (Wildman–Crippen MR) is 100 cm³/mol. The van der Waals surface area contributed by atoms with E-state index in [-0.39, 0.29) is 18.1 Å². The molecule has 132 valence electrons. The Morgan fingerprint density at radius 1 is 1.19 bits per heavy atom. The second-order valence-electron chi connectivity index (χ2n) is 5.95. The minimum absolute atomic E-state index is 0.0722. The quantitative estimate of drug-likeness (QED) is 0.567. The standard InChI is InChI=1S/C19H17FN4OS/c20-15-4-3-14-5-9-23(17(14)11-15)10-6-21-18(25)12-16-13-26-19(22-16)24-7-1-2-8-24/h1-5,7-9,11,13H,6,10,12H2,(H,21,25). The van der Waals surface area contributed by atoms with E-state index in [1.807, 2.05) is 51.3 Å². The van der Waals surface area contributed by atoms with Crippen molar-refractivity contribution in [3.63, 3.8) is 0 Å². The molecule has 4 aromatic rings. The number of fused-ring (bicyclic) bond motifs is 1. The lowest BCUT2D eigenvalue weighted by Gasteiger charge is -2.07. The number of thiazole rings is 1. The second-order valence-corrected chi connectivity index (χ2v) is 6.79. The lowest BCUT2D eigenvalue weighted by atomic mass is 10.2. The summed E-state index contributed by atoms with van der Waals surface area (Å²) in [6, 6.07) is 10.5. The molecular weight excluding hydrogens is 351 g/mol. The van der Waals surface area contributed by atoms with E-state index in [0.29, 0.717) is 13.1 Å². The molecule has 4 rings (SSSR count). The van der Waals surface area contributed by atoms with Crippen molar-refractivity contribution in [2.45, 2.75) is 13.0 Å². The Balaban J connectivity index is 1.32. The predicted octanol–water partition coefficient (Wildman–Crippen LogP) is 3.39. The summed E-state index contributed by atoms with van der Waals surface area (Å²) < 4.78 is 17.3. The van der Waals surface area contributed by atoms with Crippen LogP contribution in [-0.2, 0) is 17.8 Å². The van der Waals surface area contributed by atoms with Crippen molar-refractivity contribution in [2.75, 3.05) is 6.54 Å². The fraction of sp³-hybridized carbons (Fsp3) is 0.158. The molecule has 26 heavy (non-hydrogen) atoms. The van der Waals surface area contributed by atoms with E-state index in [1.165, 1.54) is 23.5 Å². The zero-order valence-corrected chi connectivity index (χ0v) is 14.7. The maximum absolute atomic E-state index is 13.4. The van der Waals surface area contributed by atoms with Crippen molar-refractivity contribution in [1.29, 1.82) is 0 Å². The van der Waals surface area contributed by atoms with E-state index in [0.717, 1.165) is 21.7 Å². The van der Waals surface area contributed by atoms with Crippen LogP contribution >= 0.6 is 11.3 Å². The maximum atomic E-state index is 13.4. The summed E-state index contributed by atoms with van der Waals surface area (Å²) in [4.78, 5) is 16.6. The highest BCUT2D eigenvalue weighted by molar-refractivity contribution is 7.12. The minimum atomic E-state index is -0.261. The van der Waals surface area contributed by atoms with E-state index >= 15 is 0 Å². The molecule has 0 bridgehead atoms. The van der Waals surface area contributed by atoms with Crippen LogP contribution in [0.25, 0.3) is 16.0 Å². The Kier molecular flexibility index (Phi) is 4.53. The van der Waals surface area contributed by atoms with Crippen LogP contribution in [-0.4, -0.2) is 26.6 Å². The van der Waals surface area contributed by atoms with Gasteiger partial charge in [0.2, 0.25) is 5.91 Å². The molecule has 0 aliphatic rings. The zero-order valence-electron chi connectivity index (χ0n) is 13.9. The van der Waals surface area contributed by atoms with Gasteiger partial charge >= 0.3 is 0 Å². The van der Waals surface area contributed by atoms with E-state index < -0.39 is 0 Å². The van der Waals surface area contributed by atoms with Crippen LogP contribution in [0, 0.1) is 5.82 Å². The summed E-state index contributed by atoms with van der Waals surface area (Å²) in [5.74, 6) is -0.333. The van der Waals surface area contributed by atoms with Gasteiger partial charge in [0.1, 0.15) is 5.82 Å². The number of carbonyl (C=O) groups is 1. The highest BCUT2D eigenvalue weighted by Crippen LogP contribution is 2.17. The molecule has 0 saturated heterocycles. The highest BCUT2D eigenvalue weighted by atomic mass is 32.1. The molecule has 3 heterocycles. The molecule has 0 aliphatic heterocycles. The molecule has 0 aliphatic carbocycles. The normalized spacial score (nSPS) is 11.1. The monoisotopic (exact) mass is 368 g/mol. The molecule has 1 N–H and O–H groups in total. The summed E-state index contributed by atoms with van der Waals surface area (Å²) >= 11 is 1.51. The van der Waals surface area contributed by atoms with Crippen LogP contribution in [0.3, 0.4) is 0 Å². The number of amides is 1. The topological polar surface area (TPSA) is 51.9 Å². The van der Waals surface area contributed by atoms with Gasteiger partial charge in [-0.2, -0.15) is 0 Å². The van der Waals surface area contributed by atoms with Crippen LogP contribution in [0.5, 0.6) is 0 Å². The van der Waals surface area contributed by atoms with Gasteiger partial charge in [-0.3, -0.25) is 4.79 Å². The number of hydrogen-bond acceptors (Lipinski definition) is 3. The van der Waals surface area contributed by atoms with Crippen LogP contribution < -0.4 is 5.32 Å². The smallest absolute Gasteiger partial charge is 0.226 e. The molecule has 0 radical (unpaired) electrons. The van der Waals surface area contributed by atoms with Gasteiger partial charge in [0, 0.05) is 37.1 Å². The van der Waals surface area contributed by atoms with Crippen LogP contribution in [0.2, 0.25) is 0 Å². The molecule has 5 nitrogen and oxygen atoms in total. The fourth-order valence-corrected chi connectivity index (χ4v) is 3.64. The number of halogens is 1. The SMILES string of the molecule is O=C(Cc1csc(-n2cccc2)n1)NCCn1ccc2ccc(F)cc21. The number of nitrogens with one attached hydrogen (secondary N) is 1. The Bertz CT molecular complexity index is 1040. The minimum Gasteiger partial charge on any atom is -0.354 e. The summed E-state index contributed by atoms with van der Waals surface area (Å²) in [7, 11) is 0. The van der Waals surface area contributed by atoms with E-state index in [2.05, 4.69) is 10.3 Å². The molecule has 0 saturated carbocycles. The van der Waals surface area contributed by atoms with Gasteiger partial charge < -0.3 is 14.5 Å². The summed E-state index contributed by atoms with van der Waals surface area (Å²) in [6.45, 7) is 1.07. The molecule has 1 aromatic carbocycles. The van der Waals surface area contributed by atoms with Crippen molar-refractivity contribution in [2.24, 2.45) is 0 Å². The van der Waals surface area contributed by atoms with Crippen molar-refractivity contribution >= 4 is 28.1 Å². The molecule has 0 spiro atoms. The Labute approximate surface area is 153 Å². The van der Waals surface area contributed by atoms with Gasteiger partial charge in [0.15, 0.2) is 5.13 Å². The Hall–Kier alpha value is -2.93. The van der Waals surface area contributed by atoms with Gasteiger partial charge in [-0.15, -0.1) is 11.3 Å². The van der Waals surface area contributed by atoms with Gasteiger partial charge in [-0.05, 0) is 41.8 Å². The van der Waals surface area contributed by atoms with Crippen LogP contribution in [0.15, 0.2) is 60.4 Å². The lowest BCUT2D eigenvalue weighted by molar-refractivity contribution is -0.120. The van der Waals surface area contributed by atoms with Gasteiger partial charge in [0.25, 0.3) is 0 Å². The molecule has 0 unspecified atom stereocenters. The first-order chi connectivity index (χ1) is 12.7. The van der Waals surface area contributed by atoms with E-state index in [9.17, 15) is 9.18 Å². The molecule has 3 aromatic heterocycles. The summed E-state index contributed by atoms with van der Waals surface area (Å²) in [5.41, 5.74) is 1.58. The van der Waals surface area contributed by atoms with Crippen molar-refractivity contribution in [3.8, 4) is 5.13 Å². The van der Waals surface area contributed by atoms with Gasteiger partial charge in [-0.25, -0.2) is 9.37 Å². The number of rotatable bonds is 6. The average molecular weight is 368 g/mol. The molecule has 7 heteroatoms. The van der Waals surface area contributed by atoms with Gasteiger partial charge in [-0.1, -0.05) is 0 Å². The summed E-state index contributed by atoms with van der Waals surface area (Å²) in [5, 5.41) is 6.63.